The quantitative estimate of drug-likeness (QED) is 0.566. The first-order valence-corrected chi connectivity index (χ1v) is 8.79. The Balaban J connectivity index is 2.10. The van der Waals surface area contributed by atoms with Crippen molar-refractivity contribution in [2.45, 2.75) is 39.7 Å². The van der Waals surface area contributed by atoms with Crippen LogP contribution in [0.25, 0.3) is 6.08 Å². The average Bonchev–Trinajstić information content (AvgIpc) is 2.77. The van der Waals surface area contributed by atoms with Crippen LogP contribution in [0.4, 0.5) is 0 Å². The highest BCUT2D eigenvalue weighted by Gasteiger charge is 2.31. The standard InChI is InChI=1S/C17H21NO2S2/c1-4-10-18-16(19)15(22-17(18)21)11-13-6-8-14(9-7-13)20-12(3)5-2/h6-9,11-12H,4-5,10H2,1-3H3/b15-11+/t12-/m0/s1. The minimum Gasteiger partial charge on any atom is -0.491 e. The van der Waals surface area contributed by atoms with Gasteiger partial charge in [0.15, 0.2) is 0 Å². The highest BCUT2D eigenvalue weighted by atomic mass is 32.2. The summed E-state index contributed by atoms with van der Waals surface area (Å²) in [6.07, 6.45) is 3.97. The molecule has 2 rings (SSSR count). The Morgan fingerprint density at radius 2 is 2.00 bits per heavy atom. The van der Waals surface area contributed by atoms with Gasteiger partial charge in [-0.05, 0) is 43.5 Å². The zero-order valence-corrected chi connectivity index (χ0v) is 14.8. The van der Waals surface area contributed by atoms with E-state index in [1.807, 2.05) is 44.2 Å². The van der Waals surface area contributed by atoms with Gasteiger partial charge in [-0.3, -0.25) is 9.69 Å². The van der Waals surface area contributed by atoms with Crippen molar-refractivity contribution in [1.82, 2.24) is 4.90 Å². The first kappa shape index (κ1) is 17.0. The van der Waals surface area contributed by atoms with Crippen molar-refractivity contribution in [3.05, 3.63) is 34.7 Å². The molecule has 1 fully saturated rings. The molecule has 118 valence electrons. The number of hydrogen-bond acceptors (Lipinski definition) is 4. The van der Waals surface area contributed by atoms with Gasteiger partial charge >= 0.3 is 0 Å². The van der Waals surface area contributed by atoms with Gasteiger partial charge in [0.05, 0.1) is 11.0 Å². The topological polar surface area (TPSA) is 29.5 Å². The van der Waals surface area contributed by atoms with Gasteiger partial charge in [-0.25, -0.2) is 0 Å². The summed E-state index contributed by atoms with van der Waals surface area (Å²) in [4.78, 5) is 14.6. The molecule has 0 aromatic heterocycles. The van der Waals surface area contributed by atoms with Crippen LogP contribution in [0.2, 0.25) is 0 Å². The van der Waals surface area contributed by atoms with Gasteiger partial charge < -0.3 is 4.74 Å². The number of thiocarbonyl (C=S) groups is 1. The summed E-state index contributed by atoms with van der Waals surface area (Å²) in [5, 5.41) is 0. The molecular formula is C17H21NO2S2. The van der Waals surface area contributed by atoms with Gasteiger partial charge in [-0.15, -0.1) is 0 Å². The Bertz CT molecular complexity index is 581. The number of thioether (sulfide) groups is 1. The lowest BCUT2D eigenvalue weighted by atomic mass is 10.2. The van der Waals surface area contributed by atoms with E-state index in [1.54, 1.807) is 4.90 Å². The molecule has 0 bridgehead atoms. The van der Waals surface area contributed by atoms with E-state index in [1.165, 1.54) is 11.8 Å². The van der Waals surface area contributed by atoms with E-state index in [0.717, 1.165) is 24.2 Å². The SMILES string of the molecule is CCCN1C(=O)/C(=C\c2ccc(O[C@@H](C)CC)cc2)SC1=S. The lowest BCUT2D eigenvalue weighted by molar-refractivity contribution is -0.122. The van der Waals surface area contributed by atoms with E-state index in [4.69, 9.17) is 17.0 Å². The van der Waals surface area contributed by atoms with Crippen LogP contribution in [0.1, 0.15) is 39.2 Å². The van der Waals surface area contributed by atoms with Crippen molar-refractivity contribution in [2.24, 2.45) is 0 Å². The molecule has 0 unspecified atom stereocenters. The summed E-state index contributed by atoms with van der Waals surface area (Å²) in [6, 6.07) is 7.80. The van der Waals surface area contributed by atoms with Gasteiger partial charge in [-0.1, -0.05) is 50.0 Å². The highest BCUT2D eigenvalue weighted by molar-refractivity contribution is 8.26. The number of amides is 1. The molecule has 1 aromatic rings. The lowest BCUT2D eigenvalue weighted by Crippen LogP contribution is -2.28. The van der Waals surface area contributed by atoms with E-state index in [9.17, 15) is 4.79 Å². The highest BCUT2D eigenvalue weighted by Crippen LogP contribution is 2.32. The second-order valence-corrected chi connectivity index (χ2v) is 6.91. The van der Waals surface area contributed by atoms with E-state index in [2.05, 4.69) is 6.92 Å². The molecule has 1 amide bonds. The molecule has 3 nitrogen and oxygen atoms in total. The molecule has 0 N–H and O–H groups in total. The minimum absolute atomic E-state index is 0.0109. The van der Waals surface area contributed by atoms with Crippen LogP contribution in [-0.2, 0) is 4.79 Å². The van der Waals surface area contributed by atoms with E-state index >= 15 is 0 Å². The van der Waals surface area contributed by atoms with E-state index in [-0.39, 0.29) is 12.0 Å². The molecule has 1 aromatic carbocycles. The summed E-state index contributed by atoms with van der Waals surface area (Å²) in [5.74, 6) is 0.863. The smallest absolute Gasteiger partial charge is 0.266 e. The first-order chi connectivity index (χ1) is 10.5. The van der Waals surface area contributed by atoms with E-state index in [0.29, 0.717) is 15.8 Å². The average molecular weight is 335 g/mol. The maximum atomic E-state index is 12.3. The Labute approximate surface area is 141 Å². The molecule has 22 heavy (non-hydrogen) atoms. The molecule has 5 heteroatoms. The van der Waals surface area contributed by atoms with Crippen LogP contribution in [0.15, 0.2) is 29.2 Å². The molecular weight excluding hydrogens is 314 g/mol. The molecule has 0 radical (unpaired) electrons. The van der Waals surface area contributed by atoms with Gasteiger partial charge in [-0.2, -0.15) is 0 Å². The summed E-state index contributed by atoms with van der Waals surface area (Å²) in [7, 11) is 0. The number of carbonyl (C=O) groups is 1. The minimum atomic E-state index is 0.0109. The summed E-state index contributed by atoms with van der Waals surface area (Å²) in [6.45, 7) is 6.87. The largest absolute Gasteiger partial charge is 0.491 e. The van der Waals surface area contributed by atoms with Gasteiger partial charge in [0.25, 0.3) is 5.91 Å². The van der Waals surface area contributed by atoms with Crippen molar-refractivity contribution in [1.29, 1.82) is 0 Å². The summed E-state index contributed by atoms with van der Waals surface area (Å²) >= 11 is 6.64. The predicted molar refractivity (Wildman–Crippen MR) is 97.0 cm³/mol. The normalized spacial score (nSPS) is 18.1. The zero-order valence-electron chi connectivity index (χ0n) is 13.2. The summed E-state index contributed by atoms with van der Waals surface area (Å²) < 4.78 is 6.40. The van der Waals surface area contributed by atoms with Crippen LogP contribution in [0.3, 0.4) is 0 Å². The number of hydrogen-bond donors (Lipinski definition) is 0. The van der Waals surface area contributed by atoms with Crippen LogP contribution < -0.4 is 4.74 Å². The van der Waals surface area contributed by atoms with Crippen molar-refractivity contribution in [2.75, 3.05) is 6.54 Å². The van der Waals surface area contributed by atoms with Crippen LogP contribution in [0.5, 0.6) is 5.75 Å². The maximum Gasteiger partial charge on any atom is 0.266 e. The monoisotopic (exact) mass is 335 g/mol. The molecule has 1 saturated heterocycles. The fourth-order valence-corrected chi connectivity index (χ4v) is 3.33. The first-order valence-electron chi connectivity index (χ1n) is 7.57. The molecule has 0 saturated carbocycles. The Morgan fingerprint density at radius 1 is 1.32 bits per heavy atom. The number of ether oxygens (including phenoxy) is 1. The third-order valence-electron chi connectivity index (χ3n) is 3.41. The van der Waals surface area contributed by atoms with Gasteiger partial charge in [0, 0.05) is 6.54 Å². The summed E-state index contributed by atoms with van der Waals surface area (Å²) in [5.41, 5.74) is 0.980. The van der Waals surface area contributed by atoms with E-state index < -0.39 is 0 Å². The van der Waals surface area contributed by atoms with Gasteiger partial charge in [0.2, 0.25) is 0 Å². The second kappa shape index (κ2) is 7.79. The molecule has 1 aliphatic rings. The number of rotatable bonds is 6. The maximum absolute atomic E-state index is 12.3. The van der Waals surface area contributed by atoms with Crippen LogP contribution in [-0.4, -0.2) is 27.8 Å². The van der Waals surface area contributed by atoms with Crippen molar-refractivity contribution in [3.63, 3.8) is 0 Å². The number of nitrogens with zero attached hydrogens (tertiary/aromatic N) is 1. The molecule has 1 heterocycles. The van der Waals surface area contributed by atoms with Crippen molar-refractivity contribution in [3.8, 4) is 5.75 Å². The van der Waals surface area contributed by atoms with Crippen molar-refractivity contribution < 1.29 is 9.53 Å². The fourth-order valence-electron chi connectivity index (χ4n) is 2.03. The predicted octanol–water partition coefficient (Wildman–Crippen LogP) is 4.48. The number of benzene rings is 1. The lowest BCUT2D eigenvalue weighted by Gasteiger charge is -2.12. The molecule has 1 aliphatic heterocycles. The fraction of sp³-hybridized carbons (Fsp3) is 0.412. The second-order valence-electron chi connectivity index (χ2n) is 5.24. The Hall–Kier alpha value is -1.33. The molecule has 0 spiro atoms. The molecule has 0 aliphatic carbocycles. The molecule has 1 atom stereocenters. The van der Waals surface area contributed by atoms with Crippen LogP contribution >= 0.6 is 24.0 Å². The van der Waals surface area contributed by atoms with Crippen molar-refractivity contribution >= 4 is 40.3 Å². The Morgan fingerprint density at radius 3 is 2.59 bits per heavy atom. The van der Waals surface area contributed by atoms with Gasteiger partial charge in [0.1, 0.15) is 10.1 Å². The van der Waals surface area contributed by atoms with Crippen LogP contribution in [0, 0.1) is 0 Å². The zero-order chi connectivity index (χ0) is 16.1. The Kier molecular flexibility index (Phi) is 6.03. The third kappa shape index (κ3) is 4.11. The third-order valence-corrected chi connectivity index (χ3v) is 4.79. The number of carbonyl (C=O) groups excluding carboxylic acids is 1.